The second-order valence-corrected chi connectivity index (χ2v) is 3.73. The predicted octanol–water partition coefficient (Wildman–Crippen LogP) is 2.33. The van der Waals surface area contributed by atoms with E-state index in [4.69, 9.17) is 0 Å². The van der Waals surface area contributed by atoms with E-state index >= 15 is 0 Å². The highest BCUT2D eigenvalue weighted by molar-refractivity contribution is 5.91. The maximum Gasteiger partial charge on any atom is 0.302 e. The molecule has 0 unspecified atom stereocenters. The summed E-state index contributed by atoms with van der Waals surface area (Å²) in [4.78, 5) is 18.9. The molecular weight excluding hydrogens is 232 g/mol. The monoisotopic (exact) mass is 240 g/mol. The van der Waals surface area contributed by atoms with Gasteiger partial charge in [0, 0.05) is 18.6 Å². The Balaban J connectivity index is 2.39. The molecule has 0 amide bonds. The van der Waals surface area contributed by atoms with Crippen molar-refractivity contribution in [2.24, 2.45) is 0 Å². The largest absolute Gasteiger partial charge is 0.302 e. The summed E-state index contributed by atoms with van der Waals surface area (Å²) in [6.45, 7) is 0. The van der Waals surface area contributed by atoms with Gasteiger partial charge in [-0.15, -0.1) is 0 Å². The van der Waals surface area contributed by atoms with Crippen LogP contribution >= 0.6 is 0 Å². The van der Waals surface area contributed by atoms with Gasteiger partial charge in [0.2, 0.25) is 0 Å². The van der Waals surface area contributed by atoms with Crippen LogP contribution in [-0.2, 0) is 0 Å². The van der Waals surface area contributed by atoms with E-state index in [9.17, 15) is 10.1 Å². The Kier molecular flexibility index (Phi) is 2.26. The van der Waals surface area contributed by atoms with Crippen molar-refractivity contribution in [2.75, 3.05) is 0 Å². The third-order valence-electron chi connectivity index (χ3n) is 2.70. The number of hydrogen-bond acceptors (Lipinski definition) is 4. The second-order valence-electron chi connectivity index (χ2n) is 3.73. The third kappa shape index (κ3) is 1.51. The number of nitrogens with zero attached hydrogens (tertiary/aromatic N) is 4. The lowest BCUT2D eigenvalue weighted by Gasteiger charge is -2.06. The van der Waals surface area contributed by atoms with Crippen molar-refractivity contribution >= 4 is 16.6 Å². The van der Waals surface area contributed by atoms with Crippen LogP contribution in [0.4, 0.5) is 5.69 Å². The second kappa shape index (κ2) is 3.92. The molecule has 0 fully saturated rings. The molecule has 1 aromatic carbocycles. The highest BCUT2D eigenvalue weighted by atomic mass is 16.6. The summed E-state index contributed by atoms with van der Waals surface area (Å²) in [7, 11) is 0. The molecular formula is C12H8N4O2. The first-order valence-corrected chi connectivity index (χ1v) is 5.28. The van der Waals surface area contributed by atoms with E-state index in [0.29, 0.717) is 16.6 Å². The SMILES string of the molecule is O=[N+]([O-])c1c(-n2ccnc2)ccc2ncccc12. The maximum absolute atomic E-state index is 11.3. The van der Waals surface area contributed by atoms with Gasteiger partial charge in [-0.3, -0.25) is 15.1 Å². The molecule has 0 aliphatic rings. The highest BCUT2D eigenvalue weighted by Gasteiger charge is 2.19. The van der Waals surface area contributed by atoms with Crippen molar-refractivity contribution < 1.29 is 4.92 Å². The number of nitro benzene ring substituents is 1. The van der Waals surface area contributed by atoms with Gasteiger partial charge in [0.15, 0.2) is 0 Å². The number of aromatic nitrogens is 3. The average Bonchev–Trinajstić information content (AvgIpc) is 2.90. The van der Waals surface area contributed by atoms with E-state index in [-0.39, 0.29) is 10.6 Å². The molecule has 3 rings (SSSR count). The molecule has 0 atom stereocenters. The van der Waals surface area contributed by atoms with Gasteiger partial charge in [-0.2, -0.15) is 0 Å². The van der Waals surface area contributed by atoms with E-state index in [1.165, 1.54) is 6.33 Å². The minimum atomic E-state index is -0.390. The molecule has 0 saturated heterocycles. The molecule has 3 aromatic rings. The van der Waals surface area contributed by atoms with Gasteiger partial charge in [0.1, 0.15) is 5.69 Å². The van der Waals surface area contributed by atoms with Crippen molar-refractivity contribution in [3.05, 3.63) is 59.3 Å². The van der Waals surface area contributed by atoms with Crippen molar-refractivity contribution in [2.45, 2.75) is 0 Å². The number of pyridine rings is 1. The Bertz CT molecular complexity index is 722. The van der Waals surface area contributed by atoms with Crippen LogP contribution in [0.5, 0.6) is 0 Å². The van der Waals surface area contributed by atoms with Crippen LogP contribution in [0.3, 0.4) is 0 Å². The summed E-state index contributed by atoms with van der Waals surface area (Å²) in [6, 6.07) is 6.82. The predicted molar refractivity (Wildman–Crippen MR) is 65.5 cm³/mol. The molecule has 6 nitrogen and oxygen atoms in total. The van der Waals surface area contributed by atoms with Gasteiger partial charge in [-0.05, 0) is 24.3 Å². The Hall–Kier alpha value is -2.76. The first kappa shape index (κ1) is 10.4. The van der Waals surface area contributed by atoms with E-state index in [2.05, 4.69) is 9.97 Å². The van der Waals surface area contributed by atoms with Crippen LogP contribution in [0.15, 0.2) is 49.2 Å². The highest BCUT2D eigenvalue weighted by Crippen LogP contribution is 2.30. The van der Waals surface area contributed by atoms with Crippen LogP contribution in [0, 0.1) is 10.1 Å². The maximum atomic E-state index is 11.3. The summed E-state index contributed by atoms with van der Waals surface area (Å²) >= 11 is 0. The molecule has 0 bridgehead atoms. The fourth-order valence-electron chi connectivity index (χ4n) is 1.93. The lowest BCUT2D eigenvalue weighted by Crippen LogP contribution is -1.99. The van der Waals surface area contributed by atoms with Gasteiger partial charge >= 0.3 is 5.69 Å². The van der Waals surface area contributed by atoms with E-state index in [0.717, 1.165) is 0 Å². The molecule has 2 heterocycles. The zero-order valence-corrected chi connectivity index (χ0v) is 9.22. The molecule has 0 N–H and O–H groups in total. The first-order valence-electron chi connectivity index (χ1n) is 5.28. The quantitative estimate of drug-likeness (QED) is 0.509. The molecule has 0 saturated carbocycles. The fourth-order valence-corrected chi connectivity index (χ4v) is 1.93. The van der Waals surface area contributed by atoms with Crippen LogP contribution in [0.25, 0.3) is 16.6 Å². The zero-order chi connectivity index (χ0) is 12.5. The first-order chi connectivity index (χ1) is 8.77. The molecule has 88 valence electrons. The third-order valence-corrected chi connectivity index (χ3v) is 2.70. The molecule has 2 aromatic heterocycles. The standard InChI is InChI=1S/C12H8N4O2/c17-16(18)12-9-2-1-5-14-10(9)3-4-11(12)15-7-6-13-8-15/h1-8H. The van der Waals surface area contributed by atoms with Crippen LogP contribution in [0.2, 0.25) is 0 Å². The molecule has 0 spiro atoms. The lowest BCUT2D eigenvalue weighted by molar-refractivity contribution is -0.382. The van der Waals surface area contributed by atoms with E-state index in [1.54, 1.807) is 47.4 Å². The number of nitro groups is 1. The van der Waals surface area contributed by atoms with Crippen LogP contribution in [0.1, 0.15) is 0 Å². The van der Waals surface area contributed by atoms with Gasteiger partial charge < -0.3 is 4.57 Å². The minimum absolute atomic E-state index is 0.0404. The fraction of sp³-hybridized carbons (Fsp3) is 0. The van der Waals surface area contributed by atoms with Gasteiger partial charge in [0.25, 0.3) is 0 Å². The number of rotatable bonds is 2. The number of imidazole rings is 1. The van der Waals surface area contributed by atoms with Crippen molar-refractivity contribution in [1.29, 1.82) is 0 Å². The molecule has 0 radical (unpaired) electrons. The number of fused-ring (bicyclic) bond motifs is 1. The van der Waals surface area contributed by atoms with E-state index < -0.39 is 0 Å². The Morgan fingerprint density at radius 3 is 2.83 bits per heavy atom. The molecule has 0 aliphatic carbocycles. The smallest absolute Gasteiger partial charge is 0.300 e. The normalized spacial score (nSPS) is 10.7. The summed E-state index contributed by atoms with van der Waals surface area (Å²) in [5, 5.41) is 11.8. The Morgan fingerprint density at radius 2 is 2.11 bits per heavy atom. The topological polar surface area (TPSA) is 73.8 Å². The Morgan fingerprint density at radius 1 is 1.22 bits per heavy atom. The zero-order valence-electron chi connectivity index (χ0n) is 9.22. The molecule has 0 aliphatic heterocycles. The van der Waals surface area contributed by atoms with Crippen LogP contribution < -0.4 is 0 Å². The van der Waals surface area contributed by atoms with Crippen LogP contribution in [-0.4, -0.2) is 19.5 Å². The van der Waals surface area contributed by atoms with Gasteiger partial charge in [-0.1, -0.05) is 0 Å². The van der Waals surface area contributed by atoms with E-state index in [1.807, 2.05) is 0 Å². The van der Waals surface area contributed by atoms with Gasteiger partial charge in [0.05, 0.1) is 22.2 Å². The van der Waals surface area contributed by atoms with Crippen molar-refractivity contribution in [3.8, 4) is 5.69 Å². The number of benzene rings is 1. The number of hydrogen-bond donors (Lipinski definition) is 0. The Labute approximate surface area is 102 Å². The summed E-state index contributed by atoms with van der Waals surface area (Å²) < 4.78 is 1.62. The lowest BCUT2D eigenvalue weighted by atomic mass is 10.1. The molecule has 6 heteroatoms. The summed E-state index contributed by atoms with van der Waals surface area (Å²) in [5.74, 6) is 0. The minimum Gasteiger partial charge on any atom is -0.300 e. The van der Waals surface area contributed by atoms with Crippen molar-refractivity contribution in [3.63, 3.8) is 0 Å². The summed E-state index contributed by atoms with van der Waals surface area (Å²) in [6.07, 6.45) is 6.40. The van der Waals surface area contributed by atoms with Crippen molar-refractivity contribution in [1.82, 2.24) is 14.5 Å². The van der Waals surface area contributed by atoms with Gasteiger partial charge in [-0.25, -0.2) is 4.98 Å². The molecule has 18 heavy (non-hydrogen) atoms. The average molecular weight is 240 g/mol. The summed E-state index contributed by atoms with van der Waals surface area (Å²) in [5.41, 5.74) is 1.13.